The minimum absolute atomic E-state index is 0.0660. The van der Waals surface area contributed by atoms with Crippen LogP contribution in [0.3, 0.4) is 0 Å². The lowest BCUT2D eigenvalue weighted by atomic mass is 9.82. The van der Waals surface area contributed by atoms with E-state index in [0.29, 0.717) is 11.1 Å². The van der Waals surface area contributed by atoms with Gasteiger partial charge in [-0.2, -0.15) is 0 Å². The molecule has 3 N–H and O–H groups in total. The highest BCUT2D eigenvalue weighted by atomic mass is 19.1. The predicted octanol–water partition coefficient (Wildman–Crippen LogP) is 1.90. The Bertz CT molecular complexity index is 797. The summed E-state index contributed by atoms with van der Waals surface area (Å²) in [4.78, 5) is 16.4. The molecule has 6 nitrogen and oxygen atoms in total. The lowest BCUT2D eigenvalue weighted by molar-refractivity contribution is -0.210. The van der Waals surface area contributed by atoms with Gasteiger partial charge < -0.3 is 20.3 Å². The van der Waals surface area contributed by atoms with E-state index < -0.39 is 23.9 Å². The molecule has 1 fully saturated rings. The summed E-state index contributed by atoms with van der Waals surface area (Å²) >= 11 is 0. The third-order valence-corrected chi connectivity index (χ3v) is 4.88. The first-order valence-corrected chi connectivity index (χ1v) is 8.81. The highest BCUT2D eigenvalue weighted by Crippen LogP contribution is 2.37. The molecule has 0 radical (unpaired) electrons. The van der Waals surface area contributed by atoms with Crippen LogP contribution < -0.4 is 5.32 Å². The van der Waals surface area contributed by atoms with Crippen LogP contribution in [-0.2, 0) is 4.74 Å². The van der Waals surface area contributed by atoms with Gasteiger partial charge in [0.1, 0.15) is 17.5 Å². The van der Waals surface area contributed by atoms with Crippen molar-refractivity contribution in [3.8, 4) is 0 Å². The van der Waals surface area contributed by atoms with E-state index in [1.165, 1.54) is 18.3 Å². The Morgan fingerprint density at radius 1 is 1.33 bits per heavy atom. The van der Waals surface area contributed by atoms with Gasteiger partial charge in [0.25, 0.3) is 5.91 Å². The van der Waals surface area contributed by atoms with Crippen molar-refractivity contribution in [1.82, 2.24) is 10.3 Å². The van der Waals surface area contributed by atoms with Crippen LogP contribution in [0.15, 0.2) is 42.6 Å². The monoisotopic (exact) mass is 374 g/mol. The topological polar surface area (TPSA) is 91.7 Å². The zero-order chi connectivity index (χ0) is 19.6. The second kappa shape index (κ2) is 7.72. The maximum atomic E-state index is 13.2. The third kappa shape index (κ3) is 4.32. The van der Waals surface area contributed by atoms with Crippen LogP contribution in [-0.4, -0.2) is 45.5 Å². The van der Waals surface area contributed by atoms with Gasteiger partial charge in [-0.25, -0.2) is 4.39 Å². The number of aliphatic hydroxyl groups excluding tert-OH is 1. The van der Waals surface area contributed by atoms with Crippen LogP contribution in [0, 0.1) is 12.7 Å². The molecule has 1 aliphatic rings. The fourth-order valence-electron chi connectivity index (χ4n) is 3.25. The highest BCUT2D eigenvalue weighted by molar-refractivity contribution is 5.93. The van der Waals surface area contributed by atoms with Gasteiger partial charge in [-0.15, -0.1) is 0 Å². The van der Waals surface area contributed by atoms with Crippen molar-refractivity contribution in [2.45, 2.75) is 44.2 Å². The van der Waals surface area contributed by atoms with E-state index in [1.54, 1.807) is 31.2 Å². The van der Waals surface area contributed by atoms with Gasteiger partial charge in [-0.1, -0.05) is 12.1 Å². The van der Waals surface area contributed by atoms with Crippen LogP contribution in [0.4, 0.5) is 4.39 Å². The first kappa shape index (κ1) is 19.4. The number of aryl methyl sites for hydroxylation is 1. The van der Waals surface area contributed by atoms with E-state index in [4.69, 9.17) is 4.74 Å². The van der Waals surface area contributed by atoms with Crippen LogP contribution in [0.1, 0.15) is 41.1 Å². The van der Waals surface area contributed by atoms with Crippen LogP contribution >= 0.6 is 0 Å². The molecular weight excluding hydrogens is 351 g/mol. The maximum Gasteiger partial charge on any atom is 0.252 e. The smallest absolute Gasteiger partial charge is 0.252 e. The number of nitrogens with one attached hydrogen (secondary N) is 1. The number of amides is 1. The Labute approximate surface area is 157 Å². The second-order valence-electron chi connectivity index (χ2n) is 7.00. The zero-order valence-corrected chi connectivity index (χ0v) is 15.2. The largest absolute Gasteiger partial charge is 0.387 e. The minimum atomic E-state index is -1.58. The van der Waals surface area contributed by atoms with Crippen molar-refractivity contribution in [2.75, 3.05) is 6.54 Å². The number of pyridine rings is 1. The standard InChI is InChI=1S/C20H23FN2O4/c1-12-3-4-15(10-22-12)19(25)23-11-20(26)9-17(27-13(2)18(20)24)14-5-7-16(21)8-6-14/h3-8,10,13,17-18,24,26H,9,11H2,1-2H3,(H,23,25)/t13-,17-,18-,20-/m1/s1. The van der Waals surface area contributed by atoms with Gasteiger partial charge in [0, 0.05) is 24.9 Å². The molecule has 27 heavy (non-hydrogen) atoms. The Balaban J connectivity index is 1.72. The molecule has 0 unspecified atom stereocenters. The van der Waals surface area contributed by atoms with E-state index in [1.807, 2.05) is 6.92 Å². The molecule has 144 valence electrons. The van der Waals surface area contributed by atoms with Crippen molar-refractivity contribution in [3.05, 3.63) is 65.2 Å². The van der Waals surface area contributed by atoms with Gasteiger partial charge in [0.2, 0.25) is 0 Å². The van der Waals surface area contributed by atoms with E-state index in [0.717, 1.165) is 5.69 Å². The molecular formula is C20H23FN2O4. The molecule has 0 saturated carbocycles. The fraction of sp³-hybridized carbons (Fsp3) is 0.400. The molecule has 0 spiro atoms. The number of aromatic nitrogens is 1. The van der Waals surface area contributed by atoms with Crippen LogP contribution in [0.25, 0.3) is 0 Å². The highest BCUT2D eigenvalue weighted by Gasteiger charge is 2.47. The van der Waals surface area contributed by atoms with Gasteiger partial charge >= 0.3 is 0 Å². The summed E-state index contributed by atoms with van der Waals surface area (Å²) in [5, 5.41) is 24.1. The van der Waals surface area contributed by atoms with Gasteiger partial charge in [0.15, 0.2) is 0 Å². The average molecular weight is 374 g/mol. The van der Waals surface area contributed by atoms with Crippen molar-refractivity contribution < 1.29 is 24.1 Å². The molecule has 1 aliphatic heterocycles. The predicted molar refractivity (Wildman–Crippen MR) is 96.6 cm³/mol. The van der Waals surface area contributed by atoms with Gasteiger partial charge in [0.05, 0.1) is 17.8 Å². The number of hydrogen-bond acceptors (Lipinski definition) is 5. The fourth-order valence-corrected chi connectivity index (χ4v) is 3.25. The van der Waals surface area contributed by atoms with Crippen LogP contribution in [0.5, 0.6) is 0 Å². The number of rotatable bonds is 4. The number of nitrogens with zero attached hydrogens (tertiary/aromatic N) is 1. The number of halogens is 1. The summed E-state index contributed by atoms with van der Waals surface area (Å²) < 4.78 is 18.9. The Kier molecular flexibility index (Phi) is 5.55. The molecule has 2 aromatic rings. The summed E-state index contributed by atoms with van der Waals surface area (Å²) in [6, 6.07) is 9.17. The summed E-state index contributed by atoms with van der Waals surface area (Å²) in [5.41, 5.74) is 0.280. The minimum Gasteiger partial charge on any atom is -0.387 e. The summed E-state index contributed by atoms with van der Waals surface area (Å²) in [6.45, 7) is 3.32. The number of aliphatic hydroxyl groups is 2. The molecule has 1 aromatic heterocycles. The Morgan fingerprint density at radius 2 is 2.04 bits per heavy atom. The average Bonchev–Trinajstić information content (AvgIpc) is 2.65. The molecule has 0 bridgehead atoms. The summed E-state index contributed by atoms with van der Waals surface area (Å²) in [6.07, 6.45) is -0.829. The molecule has 1 saturated heterocycles. The number of ether oxygens (including phenoxy) is 1. The number of hydrogen-bond donors (Lipinski definition) is 3. The maximum absolute atomic E-state index is 13.2. The summed E-state index contributed by atoms with van der Waals surface area (Å²) in [7, 11) is 0. The van der Waals surface area contributed by atoms with E-state index >= 15 is 0 Å². The quantitative estimate of drug-likeness (QED) is 0.760. The lowest BCUT2D eigenvalue weighted by Gasteiger charge is -2.44. The third-order valence-electron chi connectivity index (χ3n) is 4.88. The first-order chi connectivity index (χ1) is 12.8. The molecule has 7 heteroatoms. The lowest BCUT2D eigenvalue weighted by Crippen LogP contribution is -2.59. The molecule has 0 aliphatic carbocycles. The van der Waals surface area contributed by atoms with Crippen molar-refractivity contribution in [2.24, 2.45) is 0 Å². The molecule has 1 amide bonds. The first-order valence-electron chi connectivity index (χ1n) is 8.81. The number of benzene rings is 1. The van der Waals surface area contributed by atoms with Crippen molar-refractivity contribution >= 4 is 5.91 Å². The number of carbonyl (C=O) groups excluding carboxylic acids is 1. The van der Waals surface area contributed by atoms with Crippen molar-refractivity contribution in [3.63, 3.8) is 0 Å². The SMILES string of the molecule is Cc1ccc(C(=O)NC[C@]2(O)C[C@H](c3ccc(F)cc3)O[C@H](C)[C@H]2O)cn1. The Hall–Kier alpha value is -2.35. The molecule has 4 atom stereocenters. The van der Waals surface area contributed by atoms with E-state index in [2.05, 4.69) is 10.3 Å². The van der Waals surface area contributed by atoms with Crippen molar-refractivity contribution in [1.29, 1.82) is 0 Å². The van der Waals surface area contributed by atoms with E-state index in [9.17, 15) is 19.4 Å². The number of carbonyl (C=O) groups is 1. The molecule has 1 aromatic carbocycles. The Morgan fingerprint density at radius 3 is 2.67 bits per heavy atom. The van der Waals surface area contributed by atoms with E-state index in [-0.39, 0.29) is 24.7 Å². The van der Waals surface area contributed by atoms with Crippen LogP contribution in [0.2, 0.25) is 0 Å². The van der Waals surface area contributed by atoms with Gasteiger partial charge in [-0.05, 0) is 43.7 Å². The molecule has 3 rings (SSSR count). The van der Waals surface area contributed by atoms with Gasteiger partial charge in [-0.3, -0.25) is 9.78 Å². The normalized spacial score (nSPS) is 28.0. The summed E-state index contributed by atoms with van der Waals surface area (Å²) in [5.74, 6) is -0.752. The second-order valence-corrected chi connectivity index (χ2v) is 7.00. The molecule has 2 heterocycles. The zero-order valence-electron chi connectivity index (χ0n) is 15.2.